The van der Waals surface area contributed by atoms with Crippen molar-refractivity contribution in [3.05, 3.63) is 62.8 Å². The van der Waals surface area contributed by atoms with Crippen molar-refractivity contribution in [3.8, 4) is 0 Å². The highest BCUT2D eigenvalue weighted by Crippen LogP contribution is 2.36. The first kappa shape index (κ1) is 12.0. The molecular formula is C14H10BrClFN. The smallest absolute Gasteiger partial charge is 0.129 e. The van der Waals surface area contributed by atoms with E-state index in [1.807, 2.05) is 12.1 Å². The molecule has 0 saturated carbocycles. The fourth-order valence-electron chi connectivity index (χ4n) is 2.30. The molecule has 1 atom stereocenters. The second-order valence-corrected chi connectivity index (χ2v) is 5.72. The Balaban J connectivity index is 1.93. The molecule has 1 nitrogen and oxygen atoms in total. The summed E-state index contributed by atoms with van der Waals surface area (Å²) < 4.78 is 14.9. The summed E-state index contributed by atoms with van der Waals surface area (Å²) in [5, 5.41) is 3.76. The summed E-state index contributed by atoms with van der Waals surface area (Å²) in [6.45, 7) is 0. The van der Waals surface area contributed by atoms with E-state index in [4.69, 9.17) is 11.6 Å². The molecule has 0 aliphatic carbocycles. The van der Waals surface area contributed by atoms with Gasteiger partial charge in [-0.1, -0.05) is 33.6 Å². The van der Waals surface area contributed by atoms with Crippen LogP contribution in [0.1, 0.15) is 17.2 Å². The third-order valence-corrected chi connectivity index (χ3v) is 3.89. The van der Waals surface area contributed by atoms with Gasteiger partial charge >= 0.3 is 0 Å². The van der Waals surface area contributed by atoms with Gasteiger partial charge in [0.2, 0.25) is 0 Å². The molecule has 1 unspecified atom stereocenters. The van der Waals surface area contributed by atoms with Crippen LogP contribution in [0.2, 0.25) is 5.02 Å². The van der Waals surface area contributed by atoms with E-state index in [1.165, 1.54) is 11.6 Å². The number of hydrogen-bond donors (Lipinski definition) is 1. The number of rotatable bonds is 1. The normalized spacial score (nSPS) is 17.4. The maximum absolute atomic E-state index is 13.9. The van der Waals surface area contributed by atoms with Gasteiger partial charge in [-0.2, -0.15) is 0 Å². The number of benzene rings is 2. The van der Waals surface area contributed by atoms with Crippen molar-refractivity contribution in [1.29, 1.82) is 0 Å². The predicted octanol–water partition coefficient (Wildman–Crippen LogP) is 4.95. The van der Waals surface area contributed by atoms with Crippen molar-refractivity contribution < 1.29 is 4.39 Å². The fraction of sp³-hybridized carbons (Fsp3) is 0.143. The van der Waals surface area contributed by atoms with E-state index in [1.54, 1.807) is 12.1 Å². The van der Waals surface area contributed by atoms with E-state index < -0.39 is 0 Å². The number of fused-ring (bicyclic) bond motifs is 1. The number of nitrogens with one attached hydrogen (secondary N) is 1. The molecule has 0 spiro atoms. The Hall–Kier alpha value is -1.06. The van der Waals surface area contributed by atoms with Crippen molar-refractivity contribution in [2.45, 2.75) is 12.5 Å². The quantitative estimate of drug-likeness (QED) is 0.782. The molecule has 0 amide bonds. The average molecular weight is 327 g/mol. The summed E-state index contributed by atoms with van der Waals surface area (Å²) in [6, 6.07) is 10.9. The lowest BCUT2D eigenvalue weighted by Crippen LogP contribution is -2.07. The third-order valence-electron chi connectivity index (χ3n) is 3.16. The first-order valence-corrected chi connectivity index (χ1v) is 6.80. The van der Waals surface area contributed by atoms with Crippen molar-refractivity contribution in [1.82, 2.24) is 0 Å². The van der Waals surface area contributed by atoms with E-state index in [2.05, 4.69) is 27.3 Å². The van der Waals surface area contributed by atoms with Crippen LogP contribution >= 0.6 is 27.5 Å². The third kappa shape index (κ3) is 2.13. The lowest BCUT2D eigenvalue weighted by atomic mass is 10.0. The number of hydrogen-bond acceptors (Lipinski definition) is 1. The van der Waals surface area contributed by atoms with Gasteiger partial charge in [0.15, 0.2) is 0 Å². The highest BCUT2D eigenvalue weighted by molar-refractivity contribution is 9.10. The van der Waals surface area contributed by atoms with Crippen LogP contribution in [0.5, 0.6) is 0 Å². The minimum atomic E-state index is -0.258. The van der Waals surface area contributed by atoms with Crippen LogP contribution in [0.3, 0.4) is 0 Å². The monoisotopic (exact) mass is 325 g/mol. The Morgan fingerprint density at radius 3 is 2.83 bits per heavy atom. The molecule has 1 N–H and O–H groups in total. The fourth-order valence-corrected chi connectivity index (χ4v) is 2.87. The molecule has 18 heavy (non-hydrogen) atoms. The van der Waals surface area contributed by atoms with E-state index in [-0.39, 0.29) is 11.9 Å². The van der Waals surface area contributed by atoms with Crippen molar-refractivity contribution >= 4 is 33.2 Å². The van der Waals surface area contributed by atoms with Gasteiger partial charge in [-0.15, -0.1) is 0 Å². The average Bonchev–Trinajstić information content (AvgIpc) is 2.71. The molecule has 0 aromatic heterocycles. The van der Waals surface area contributed by atoms with Gasteiger partial charge in [0.1, 0.15) is 5.82 Å². The maximum Gasteiger partial charge on any atom is 0.129 e. The molecule has 2 aromatic carbocycles. The molecule has 0 radical (unpaired) electrons. The second-order valence-electron chi connectivity index (χ2n) is 4.37. The molecule has 4 heteroatoms. The van der Waals surface area contributed by atoms with Crippen molar-refractivity contribution in [2.75, 3.05) is 5.32 Å². The first-order chi connectivity index (χ1) is 8.63. The van der Waals surface area contributed by atoms with Crippen LogP contribution in [0.15, 0.2) is 40.9 Å². The summed E-state index contributed by atoms with van der Waals surface area (Å²) >= 11 is 9.21. The molecular weight excluding hydrogens is 317 g/mol. The molecule has 0 bridgehead atoms. The van der Waals surface area contributed by atoms with Crippen LogP contribution in [0.4, 0.5) is 10.1 Å². The van der Waals surface area contributed by atoms with Gasteiger partial charge in [-0.05, 0) is 42.3 Å². The van der Waals surface area contributed by atoms with Crippen LogP contribution in [-0.4, -0.2) is 0 Å². The predicted molar refractivity (Wildman–Crippen MR) is 75.6 cm³/mol. The summed E-state index contributed by atoms with van der Waals surface area (Å²) in [5.41, 5.74) is 2.92. The highest BCUT2D eigenvalue weighted by atomic mass is 79.9. The SMILES string of the molecule is Fc1cc(Cl)ccc1C1Cc2cc(Br)ccc2N1. The molecule has 2 aromatic rings. The molecule has 1 heterocycles. The van der Waals surface area contributed by atoms with Gasteiger partial charge in [0.05, 0.1) is 6.04 Å². The topological polar surface area (TPSA) is 12.0 Å². The van der Waals surface area contributed by atoms with Crippen LogP contribution < -0.4 is 5.32 Å². The van der Waals surface area contributed by atoms with Crippen molar-refractivity contribution in [2.24, 2.45) is 0 Å². The molecule has 1 aliphatic heterocycles. The van der Waals surface area contributed by atoms with Gasteiger partial charge in [-0.25, -0.2) is 4.39 Å². The molecule has 3 rings (SSSR count). The van der Waals surface area contributed by atoms with Gasteiger partial charge in [0.25, 0.3) is 0 Å². The second kappa shape index (κ2) is 4.56. The van der Waals surface area contributed by atoms with Crippen molar-refractivity contribution in [3.63, 3.8) is 0 Å². The Labute approximate surface area is 118 Å². The zero-order valence-corrected chi connectivity index (χ0v) is 11.7. The Kier molecular flexibility index (Phi) is 3.04. The Morgan fingerprint density at radius 2 is 2.06 bits per heavy atom. The van der Waals surface area contributed by atoms with Crippen LogP contribution in [0, 0.1) is 5.82 Å². The Morgan fingerprint density at radius 1 is 1.22 bits per heavy atom. The largest absolute Gasteiger partial charge is 0.378 e. The highest BCUT2D eigenvalue weighted by Gasteiger charge is 2.24. The van der Waals surface area contributed by atoms with Crippen LogP contribution in [-0.2, 0) is 6.42 Å². The lowest BCUT2D eigenvalue weighted by molar-refractivity contribution is 0.596. The standard InChI is InChI=1S/C14H10BrClFN/c15-9-1-4-13-8(5-9)6-14(18-13)11-3-2-10(16)7-12(11)17/h1-5,7,14,18H,6H2. The first-order valence-electron chi connectivity index (χ1n) is 5.63. The zero-order valence-electron chi connectivity index (χ0n) is 9.38. The molecule has 0 saturated heterocycles. The number of halogens is 3. The molecule has 92 valence electrons. The number of anilines is 1. The van der Waals surface area contributed by atoms with E-state index in [0.717, 1.165) is 16.6 Å². The minimum absolute atomic E-state index is 0.0217. The van der Waals surface area contributed by atoms with E-state index in [0.29, 0.717) is 10.6 Å². The maximum atomic E-state index is 13.9. The van der Waals surface area contributed by atoms with Gasteiger partial charge in [-0.3, -0.25) is 0 Å². The summed E-state index contributed by atoms with van der Waals surface area (Å²) in [6.07, 6.45) is 0.785. The lowest BCUT2D eigenvalue weighted by Gasteiger charge is -2.12. The molecule has 1 aliphatic rings. The molecule has 0 fully saturated rings. The summed E-state index contributed by atoms with van der Waals surface area (Å²) in [4.78, 5) is 0. The van der Waals surface area contributed by atoms with E-state index >= 15 is 0 Å². The minimum Gasteiger partial charge on any atom is -0.378 e. The Bertz CT molecular complexity index is 615. The summed E-state index contributed by atoms with van der Waals surface area (Å²) in [7, 11) is 0. The van der Waals surface area contributed by atoms with Gasteiger partial charge < -0.3 is 5.32 Å². The van der Waals surface area contributed by atoms with Gasteiger partial charge in [0, 0.05) is 20.7 Å². The van der Waals surface area contributed by atoms with E-state index in [9.17, 15) is 4.39 Å². The van der Waals surface area contributed by atoms with Crippen LogP contribution in [0.25, 0.3) is 0 Å². The zero-order chi connectivity index (χ0) is 12.7. The summed E-state index contributed by atoms with van der Waals surface area (Å²) in [5.74, 6) is -0.258.